The predicted molar refractivity (Wildman–Crippen MR) is 121 cm³/mol. The van der Waals surface area contributed by atoms with E-state index in [1.807, 2.05) is 0 Å². The number of alkyl carbamates (subject to hydrolysis) is 1. The Bertz CT molecular complexity index is 958. The molecule has 1 unspecified atom stereocenters. The minimum absolute atomic E-state index is 0.0797. The summed E-state index contributed by atoms with van der Waals surface area (Å²) in [6, 6.07) is 6.46. The molecule has 1 atom stereocenters. The summed E-state index contributed by atoms with van der Waals surface area (Å²) in [7, 11) is 0. The fourth-order valence-electron chi connectivity index (χ4n) is 3.18. The third kappa shape index (κ3) is 7.75. The van der Waals surface area contributed by atoms with Gasteiger partial charge in [-0.25, -0.2) is 23.2 Å². The molecule has 3 N–H and O–H groups in total. The minimum Gasteiger partial charge on any atom is -0.444 e. The summed E-state index contributed by atoms with van der Waals surface area (Å²) in [5.41, 5.74) is -2.31. The van der Waals surface area contributed by atoms with Gasteiger partial charge in [0.25, 0.3) is 5.92 Å². The van der Waals surface area contributed by atoms with Gasteiger partial charge in [0.2, 0.25) is 5.91 Å². The topological polar surface area (TPSA) is 118 Å². The number of hydrogen-bond donors (Lipinski definition) is 3. The number of alkyl halides is 2. The van der Waals surface area contributed by atoms with Crippen LogP contribution in [0.1, 0.15) is 64.9 Å². The van der Waals surface area contributed by atoms with Gasteiger partial charge in [-0.05, 0) is 41.0 Å². The lowest BCUT2D eigenvalue weighted by Crippen LogP contribution is -2.56. The van der Waals surface area contributed by atoms with Crippen LogP contribution >= 0.6 is 0 Å². The lowest BCUT2D eigenvalue weighted by molar-refractivity contribution is -0.127. The maximum absolute atomic E-state index is 14.8. The van der Waals surface area contributed by atoms with E-state index in [-0.39, 0.29) is 31.0 Å². The van der Waals surface area contributed by atoms with E-state index in [0.717, 1.165) is 0 Å². The molecule has 2 aromatic rings. The average molecular weight is 482 g/mol. The molecule has 2 amide bonds. The smallest absolute Gasteiger partial charge is 0.408 e. The SMILES string of the molecule is CC(C)(C)OC(=O)NC(C)(C)C(=O)NC(CCC(F)(F)c1ccccc1)c1ncnn1CCO. The highest BCUT2D eigenvalue weighted by Crippen LogP contribution is 2.35. The summed E-state index contributed by atoms with van der Waals surface area (Å²) in [6.45, 7) is 7.85. The number of benzene rings is 1. The monoisotopic (exact) mass is 481 g/mol. The molecular formula is C23H33F2N5O4. The summed E-state index contributed by atoms with van der Waals surface area (Å²) >= 11 is 0. The quantitative estimate of drug-likeness (QED) is 0.479. The Morgan fingerprint density at radius 2 is 1.79 bits per heavy atom. The fraction of sp³-hybridized carbons (Fsp3) is 0.565. The summed E-state index contributed by atoms with van der Waals surface area (Å²) in [6.07, 6.45) is -0.305. The van der Waals surface area contributed by atoms with Crippen molar-refractivity contribution in [1.82, 2.24) is 25.4 Å². The van der Waals surface area contributed by atoms with Crippen LogP contribution in [-0.2, 0) is 22.0 Å². The first kappa shape index (κ1) is 27.2. The molecule has 11 heteroatoms. The number of hydrogen-bond acceptors (Lipinski definition) is 6. The van der Waals surface area contributed by atoms with Gasteiger partial charge in [-0.3, -0.25) is 4.79 Å². The van der Waals surface area contributed by atoms with Gasteiger partial charge in [0, 0.05) is 12.0 Å². The van der Waals surface area contributed by atoms with Crippen molar-refractivity contribution in [2.45, 2.75) is 77.1 Å². The second-order valence-electron chi connectivity index (χ2n) is 9.45. The lowest BCUT2D eigenvalue weighted by Gasteiger charge is -2.30. The van der Waals surface area contributed by atoms with E-state index >= 15 is 0 Å². The average Bonchev–Trinajstić information content (AvgIpc) is 3.18. The van der Waals surface area contributed by atoms with Gasteiger partial charge in [0.1, 0.15) is 23.3 Å². The molecule has 188 valence electrons. The van der Waals surface area contributed by atoms with E-state index in [2.05, 4.69) is 20.7 Å². The summed E-state index contributed by atoms with van der Waals surface area (Å²) in [5, 5.41) is 18.5. The normalized spacial score (nSPS) is 13.3. The van der Waals surface area contributed by atoms with Gasteiger partial charge in [-0.15, -0.1) is 0 Å². The van der Waals surface area contributed by atoms with Crippen molar-refractivity contribution in [3.8, 4) is 0 Å². The Kier molecular flexibility index (Phi) is 8.71. The third-order valence-electron chi connectivity index (χ3n) is 4.90. The summed E-state index contributed by atoms with van der Waals surface area (Å²) < 4.78 is 36.2. The molecule has 2 rings (SSSR count). The van der Waals surface area contributed by atoms with Crippen LogP contribution in [0.5, 0.6) is 0 Å². The molecular weight excluding hydrogens is 448 g/mol. The fourth-order valence-corrected chi connectivity index (χ4v) is 3.18. The van der Waals surface area contributed by atoms with Crippen molar-refractivity contribution in [2.24, 2.45) is 0 Å². The van der Waals surface area contributed by atoms with Crippen molar-refractivity contribution < 1.29 is 28.2 Å². The first-order valence-corrected chi connectivity index (χ1v) is 11.0. The molecule has 9 nitrogen and oxygen atoms in total. The zero-order valence-corrected chi connectivity index (χ0v) is 20.1. The number of nitrogens with one attached hydrogen (secondary N) is 2. The van der Waals surface area contributed by atoms with Gasteiger partial charge in [-0.2, -0.15) is 5.10 Å². The van der Waals surface area contributed by atoms with E-state index in [4.69, 9.17) is 4.74 Å². The molecule has 0 spiro atoms. The van der Waals surface area contributed by atoms with Crippen molar-refractivity contribution in [3.63, 3.8) is 0 Å². The van der Waals surface area contributed by atoms with Gasteiger partial charge in [0.15, 0.2) is 0 Å². The van der Waals surface area contributed by atoms with E-state index in [9.17, 15) is 23.5 Å². The first-order chi connectivity index (χ1) is 15.7. The molecule has 0 aliphatic rings. The number of nitrogens with zero attached hydrogens (tertiary/aromatic N) is 3. The van der Waals surface area contributed by atoms with Crippen LogP contribution in [0.25, 0.3) is 0 Å². The number of carbonyl (C=O) groups is 2. The van der Waals surface area contributed by atoms with Crippen LogP contribution in [0.3, 0.4) is 0 Å². The van der Waals surface area contributed by atoms with Crippen LogP contribution in [0.2, 0.25) is 0 Å². The molecule has 1 heterocycles. The first-order valence-electron chi connectivity index (χ1n) is 11.0. The number of halogens is 2. The summed E-state index contributed by atoms with van der Waals surface area (Å²) in [4.78, 5) is 29.4. The Morgan fingerprint density at radius 3 is 2.38 bits per heavy atom. The van der Waals surface area contributed by atoms with E-state index in [1.165, 1.54) is 49.1 Å². The number of aromatic nitrogens is 3. The van der Waals surface area contributed by atoms with Crippen LogP contribution in [0.4, 0.5) is 13.6 Å². The molecule has 0 aliphatic carbocycles. The highest BCUT2D eigenvalue weighted by atomic mass is 19.3. The number of carbonyl (C=O) groups excluding carboxylic acids is 2. The zero-order chi connectivity index (χ0) is 25.6. The highest BCUT2D eigenvalue weighted by Gasteiger charge is 2.37. The van der Waals surface area contributed by atoms with E-state index in [1.54, 1.807) is 26.8 Å². The Labute approximate surface area is 197 Å². The second kappa shape index (κ2) is 10.9. The Hall–Kier alpha value is -3.08. The lowest BCUT2D eigenvalue weighted by atomic mass is 9.98. The maximum atomic E-state index is 14.8. The third-order valence-corrected chi connectivity index (χ3v) is 4.90. The minimum atomic E-state index is -3.14. The number of rotatable bonds is 10. The van der Waals surface area contributed by atoms with E-state index in [0.29, 0.717) is 0 Å². The Balaban J connectivity index is 2.21. The van der Waals surface area contributed by atoms with Crippen LogP contribution < -0.4 is 10.6 Å². The molecule has 1 aromatic heterocycles. The summed E-state index contributed by atoms with van der Waals surface area (Å²) in [5.74, 6) is -3.54. The predicted octanol–water partition coefficient (Wildman–Crippen LogP) is 3.30. The largest absolute Gasteiger partial charge is 0.444 e. The number of aliphatic hydroxyl groups excluding tert-OH is 1. The van der Waals surface area contributed by atoms with Crippen molar-refractivity contribution in [3.05, 3.63) is 48.0 Å². The molecule has 0 saturated heterocycles. The van der Waals surface area contributed by atoms with Crippen molar-refractivity contribution >= 4 is 12.0 Å². The standard InChI is InChI=1S/C23H33F2N5O4/c1-21(2,3)34-20(33)29-22(4,5)19(32)28-17(18-26-15-27-30(18)13-14-31)11-12-23(24,25)16-9-7-6-8-10-16/h6-10,15,17,31H,11-14H2,1-5H3,(H,28,32)(H,29,33). The van der Waals surface area contributed by atoms with Crippen LogP contribution in [0, 0.1) is 0 Å². The Morgan fingerprint density at radius 1 is 1.15 bits per heavy atom. The van der Waals surface area contributed by atoms with E-state index < -0.39 is 41.5 Å². The molecule has 1 aromatic carbocycles. The highest BCUT2D eigenvalue weighted by molar-refractivity contribution is 5.89. The van der Waals surface area contributed by atoms with Gasteiger partial charge < -0.3 is 20.5 Å². The molecule has 34 heavy (non-hydrogen) atoms. The van der Waals surface area contributed by atoms with Crippen LogP contribution in [-0.4, -0.2) is 49.6 Å². The molecule has 0 fully saturated rings. The molecule has 0 bridgehead atoms. The van der Waals surface area contributed by atoms with Crippen molar-refractivity contribution in [2.75, 3.05) is 6.61 Å². The number of amides is 2. The zero-order valence-electron chi connectivity index (χ0n) is 20.1. The van der Waals surface area contributed by atoms with Crippen LogP contribution in [0.15, 0.2) is 36.7 Å². The number of ether oxygens (including phenoxy) is 1. The second-order valence-corrected chi connectivity index (χ2v) is 9.45. The molecule has 0 aliphatic heterocycles. The van der Waals surface area contributed by atoms with Gasteiger partial charge in [0.05, 0.1) is 19.2 Å². The van der Waals surface area contributed by atoms with Gasteiger partial charge in [-0.1, -0.05) is 30.3 Å². The van der Waals surface area contributed by atoms with Gasteiger partial charge >= 0.3 is 6.09 Å². The molecule has 0 radical (unpaired) electrons. The maximum Gasteiger partial charge on any atom is 0.408 e. The molecule has 0 saturated carbocycles. The van der Waals surface area contributed by atoms with Crippen molar-refractivity contribution in [1.29, 1.82) is 0 Å². The number of aliphatic hydroxyl groups is 1.